The highest BCUT2D eigenvalue weighted by molar-refractivity contribution is 9.10. The number of furan rings is 1. The summed E-state index contributed by atoms with van der Waals surface area (Å²) in [6.45, 7) is 0. The molecule has 0 aliphatic rings. The van der Waals surface area contributed by atoms with Gasteiger partial charge in [0.25, 0.3) is 5.56 Å². The number of fused-ring (bicyclic) bond motifs is 2. The van der Waals surface area contributed by atoms with E-state index in [1.165, 1.54) is 4.68 Å². The third kappa shape index (κ3) is 3.89. The van der Waals surface area contributed by atoms with Gasteiger partial charge < -0.3 is 13.9 Å². The van der Waals surface area contributed by atoms with Crippen LogP contribution < -0.4 is 15.0 Å². The molecule has 2 heterocycles. The monoisotopic (exact) mass is 503 g/mol. The van der Waals surface area contributed by atoms with Crippen LogP contribution in [0.2, 0.25) is 0 Å². The standard InChI is InChI=1S/C25H18BrN3O4/c1-31-18-9-7-15(22(13-18)32-2)14-27-29-24(28-20-6-4-3-5-19(20)25(29)30)23-12-16-11-17(26)8-10-21(16)33-23/h3-14H,1-2H3. The van der Waals surface area contributed by atoms with Crippen molar-refractivity contribution in [3.63, 3.8) is 0 Å². The molecule has 0 atom stereocenters. The van der Waals surface area contributed by atoms with Gasteiger partial charge in [0.05, 0.1) is 31.3 Å². The summed E-state index contributed by atoms with van der Waals surface area (Å²) in [5, 5.41) is 5.82. The van der Waals surface area contributed by atoms with Crippen LogP contribution in [-0.4, -0.2) is 30.1 Å². The lowest BCUT2D eigenvalue weighted by Crippen LogP contribution is -2.20. The third-order valence-corrected chi connectivity index (χ3v) is 5.70. The smallest absolute Gasteiger partial charge is 0.282 e. The number of halogens is 1. The van der Waals surface area contributed by atoms with Crippen molar-refractivity contribution >= 4 is 44.0 Å². The third-order valence-electron chi connectivity index (χ3n) is 5.21. The number of ether oxygens (including phenoxy) is 2. The molecule has 0 bridgehead atoms. The largest absolute Gasteiger partial charge is 0.497 e. The van der Waals surface area contributed by atoms with Crippen molar-refractivity contribution in [2.24, 2.45) is 5.10 Å². The van der Waals surface area contributed by atoms with E-state index in [1.807, 2.05) is 30.3 Å². The summed E-state index contributed by atoms with van der Waals surface area (Å²) in [6.07, 6.45) is 1.55. The first-order valence-electron chi connectivity index (χ1n) is 10.0. The molecular weight excluding hydrogens is 486 g/mol. The predicted octanol–water partition coefficient (Wildman–Crippen LogP) is 5.47. The Morgan fingerprint density at radius 3 is 2.70 bits per heavy atom. The Morgan fingerprint density at radius 2 is 1.88 bits per heavy atom. The molecule has 0 fully saturated rings. The zero-order chi connectivity index (χ0) is 22.9. The molecule has 0 saturated carbocycles. The number of hydrogen-bond donors (Lipinski definition) is 0. The van der Waals surface area contributed by atoms with E-state index in [1.54, 1.807) is 56.8 Å². The van der Waals surface area contributed by atoms with Gasteiger partial charge in [0.1, 0.15) is 17.1 Å². The molecule has 0 unspecified atom stereocenters. The van der Waals surface area contributed by atoms with Crippen molar-refractivity contribution in [2.75, 3.05) is 14.2 Å². The highest BCUT2D eigenvalue weighted by Crippen LogP contribution is 2.29. The van der Waals surface area contributed by atoms with Gasteiger partial charge in [0.2, 0.25) is 5.82 Å². The lowest BCUT2D eigenvalue weighted by Gasteiger charge is -2.09. The molecular formula is C25H18BrN3O4. The maximum absolute atomic E-state index is 13.4. The second-order valence-corrected chi connectivity index (χ2v) is 8.13. The van der Waals surface area contributed by atoms with Gasteiger partial charge in [-0.05, 0) is 48.5 Å². The Bertz CT molecular complexity index is 1590. The lowest BCUT2D eigenvalue weighted by atomic mass is 10.2. The van der Waals surface area contributed by atoms with Crippen molar-refractivity contribution < 1.29 is 13.9 Å². The molecule has 5 rings (SSSR count). The summed E-state index contributed by atoms with van der Waals surface area (Å²) in [7, 11) is 3.15. The van der Waals surface area contributed by atoms with Crippen LogP contribution in [0.3, 0.4) is 0 Å². The molecule has 0 aliphatic carbocycles. The van der Waals surface area contributed by atoms with Gasteiger partial charge in [0.15, 0.2) is 5.76 Å². The number of nitrogens with zero attached hydrogens (tertiary/aromatic N) is 3. The summed E-state index contributed by atoms with van der Waals surface area (Å²) in [4.78, 5) is 18.1. The Kier molecular flexibility index (Phi) is 5.43. The van der Waals surface area contributed by atoms with E-state index in [-0.39, 0.29) is 5.56 Å². The minimum Gasteiger partial charge on any atom is -0.497 e. The van der Waals surface area contributed by atoms with E-state index in [2.05, 4.69) is 21.0 Å². The van der Waals surface area contributed by atoms with Crippen LogP contribution in [0.1, 0.15) is 5.56 Å². The normalized spacial score (nSPS) is 11.5. The van der Waals surface area contributed by atoms with E-state index < -0.39 is 0 Å². The maximum atomic E-state index is 13.4. The van der Waals surface area contributed by atoms with E-state index in [0.29, 0.717) is 45.1 Å². The minimum absolute atomic E-state index is 0.301. The van der Waals surface area contributed by atoms with Crippen molar-refractivity contribution in [1.82, 2.24) is 9.66 Å². The van der Waals surface area contributed by atoms with Gasteiger partial charge in [0, 0.05) is 21.5 Å². The maximum Gasteiger partial charge on any atom is 0.282 e. The first-order valence-corrected chi connectivity index (χ1v) is 10.8. The number of benzene rings is 3. The summed E-state index contributed by atoms with van der Waals surface area (Å²) in [6, 6.07) is 20.0. The fraction of sp³-hybridized carbons (Fsp3) is 0.0800. The first kappa shape index (κ1) is 21.0. The van der Waals surface area contributed by atoms with Crippen LogP contribution in [0.25, 0.3) is 33.5 Å². The van der Waals surface area contributed by atoms with E-state index >= 15 is 0 Å². The quantitative estimate of drug-likeness (QED) is 0.297. The molecule has 5 aromatic rings. The minimum atomic E-state index is -0.305. The second kappa shape index (κ2) is 8.55. The Hall–Kier alpha value is -3.91. The molecule has 7 nitrogen and oxygen atoms in total. The molecule has 33 heavy (non-hydrogen) atoms. The van der Waals surface area contributed by atoms with E-state index in [4.69, 9.17) is 18.9 Å². The molecule has 8 heteroatoms. The number of para-hydroxylation sites is 1. The molecule has 0 saturated heterocycles. The molecule has 0 radical (unpaired) electrons. The van der Waals surface area contributed by atoms with Gasteiger partial charge >= 0.3 is 0 Å². The summed E-state index contributed by atoms with van der Waals surface area (Å²) in [5.41, 5.74) is 1.62. The van der Waals surface area contributed by atoms with Crippen LogP contribution in [-0.2, 0) is 0 Å². The van der Waals surface area contributed by atoms with Crippen LogP contribution in [0.5, 0.6) is 11.5 Å². The molecule has 164 valence electrons. The lowest BCUT2D eigenvalue weighted by molar-refractivity contribution is 0.394. The van der Waals surface area contributed by atoms with E-state index in [9.17, 15) is 4.79 Å². The Morgan fingerprint density at radius 1 is 1.03 bits per heavy atom. The zero-order valence-electron chi connectivity index (χ0n) is 17.8. The van der Waals surface area contributed by atoms with Crippen LogP contribution in [0.4, 0.5) is 0 Å². The van der Waals surface area contributed by atoms with Gasteiger partial charge in [-0.25, -0.2) is 4.98 Å². The second-order valence-electron chi connectivity index (χ2n) is 7.21. The molecule has 0 amide bonds. The van der Waals surface area contributed by atoms with Crippen molar-refractivity contribution in [1.29, 1.82) is 0 Å². The fourth-order valence-corrected chi connectivity index (χ4v) is 3.94. The predicted molar refractivity (Wildman–Crippen MR) is 131 cm³/mol. The summed E-state index contributed by atoms with van der Waals surface area (Å²) in [5.74, 6) is 1.96. The van der Waals surface area contributed by atoms with Crippen molar-refractivity contribution in [2.45, 2.75) is 0 Å². The van der Waals surface area contributed by atoms with Crippen LogP contribution in [0.15, 0.2) is 85.5 Å². The van der Waals surface area contributed by atoms with Crippen LogP contribution >= 0.6 is 15.9 Å². The van der Waals surface area contributed by atoms with Crippen molar-refractivity contribution in [3.05, 3.63) is 87.1 Å². The molecule has 0 spiro atoms. The SMILES string of the molecule is COc1ccc(C=Nn2c(-c3cc4cc(Br)ccc4o3)nc3ccccc3c2=O)c(OC)c1. The Balaban J connectivity index is 1.71. The first-order chi connectivity index (χ1) is 16.1. The van der Waals surface area contributed by atoms with Crippen LogP contribution in [0, 0.1) is 0 Å². The molecule has 3 aromatic carbocycles. The summed E-state index contributed by atoms with van der Waals surface area (Å²) < 4.78 is 18.9. The number of rotatable bonds is 5. The topological polar surface area (TPSA) is 78.9 Å². The number of hydrogen-bond acceptors (Lipinski definition) is 6. The highest BCUT2D eigenvalue weighted by atomic mass is 79.9. The van der Waals surface area contributed by atoms with Gasteiger partial charge in [-0.15, -0.1) is 0 Å². The van der Waals surface area contributed by atoms with Crippen molar-refractivity contribution in [3.8, 4) is 23.1 Å². The van der Waals surface area contributed by atoms with Gasteiger partial charge in [-0.1, -0.05) is 28.1 Å². The molecule has 0 aliphatic heterocycles. The number of aromatic nitrogens is 2. The van der Waals surface area contributed by atoms with Gasteiger partial charge in [-0.3, -0.25) is 4.79 Å². The Labute approximate surface area is 197 Å². The summed E-state index contributed by atoms with van der Waals surface area (Å²) >= 11 is 3.47. The highest BCUT2D eigenvalue weighted by Gasteiger charge is 2.17. The zero-order valence-corrected chi connectivity index (χ0v) is 19.4. The van der Waals surface area contributed by atoms with E-state index in [0.717, 1.165) is 9.86 Å². The van der Waals surface area contributed by atoms with Gasteiger partial charge in [-0.2, -0.15) is 9.78 Å². The fourth-order valence-electron chi connectivity index (χ4n) is 3.56. The molecule has 2 aromatic heterocycles. The number of methoxy groups -OCH3 is 2. The average molecular weight is 504 g/mol. The molecule has 0 N–H and O–H groups in total. The average Bonchev–Trinajstić information content (AvgIpc) is 3.26.